The number of amides is 1. The van der Waals surface area contributed by atoms with Crippen LogP contribution in [-0.2, 0) is 4.74 Å². The molecule has 110 valence electrons. The number of rotatable bonds is 3. The molecule has 0 radical (unpaired) electrons. The van der Waals surface area contributed by atoms with Gasteiger partial charge in [0.1, 0.15) is 5.60 Å². The number of ether oxygens (including phenoxy) is 1. The molecule has 1 N–H and O–H groups in total. The second-order valence-corrected chi connectivity index (χ2v) is 5.70. The van der Waals surface area contributed by atoms with Gasteiger partial charge in [0.2, 0.25) is 0 Å². The van der Waals surface area contributed by atoms with E-state index in [2.05, 4.69) is 23.2 Å². The number of piperazine rings is 1. The van der Waals surface area contributed by atoms with Gasteiger partial charge in [0, 0.05) is 33.2 Å². The van der Waals surface area contributed by atoms with Crippen LogP contribution in [-0.4, -0.2) is 54.7 Å². The maximum absolute atomic E-state index is 11.9. The predicted molar refractivity (Wildman–Crippen MR) is 76.8 cm³/mol. The smallest absolute Gasteiger partial charge is 0.410 e. The molecule has 19 heavy (non-hydrogen) atoms. The molecule has 0 atom stereocenters. The summed E-state index contributed by atoms with van der Waals surface area (Å²) in [7, 11) is 1.93. The van der Waals surface area contributed by atoms with Crippen molar-refractivity contribution in [3.05, 3.63) is 11.9 Å². The average Bonchev–Trinajstić information content (AvgIpc) is 2.34. The first-order chi connectivity index (χ1) is 8.87. The minimum atomic E-state index is -0.424. The van der Waals surface area contributed by atoms with E-state index >= 15 is 0 Å². The van der Waals surface area contributed by atoms with Crippen LogP contribution in [0, 0.1) is 0 Å². The van der Waals surface area contributed by atoms with Crippen LogP contribution in [0.2, 0.25) is 0 Å². The first-order valence-corrected chi connectivity index (χ1v) is 6.98. The Balaban J connectivity index is 2.49. The fourth-order valence-electron chi connectivity index (χ4n) is 2.04. The quantitative estimate of drug-likeness (QED) is 0.851. The molecule has 0 aromatic heterocycles. The molecule has 1 heterocycles. The van der Waals surface area contributed by atoms with Gasteiger partial charge in [-0.25, -0.2) is 4.79 Å². The molecule has 0 aliphatic carbocycles. The molecule has 0 aromatic rings. The van der Waals surface area contributed by atoms with Gasteiger partial charge in [-0.2, -0.15) is 0 Å². The Kier molecular flexibility index (Phi) is 5.51. The molecule has 1 saturated heterocycles. The zero-order valence-electron chi connectivity index (χ0n) is 12.8. The molecule has 0 unspecified atom stereocenters. The summed E-state index contributed by atoms with van der Waals surface area (Å²) in [6, 6.07) is 0. The van der Waals surface area contributed by atoms with Crippen molar-refractivity contribution in [3.8, 4) is 0 Å². The van der Waals surface area contributed by atoms with E-state index in [-0.39, 0.29) is 6.09 Å². The highest BCUT2D eigenvalue weighted by molar-refractivity contribution is 5.68. The summed E-state index contributed by atoms with van der Waals surface area (Å²) >= 11 is 0. The number of carbonyl (C=O) groups is 1. The van der Waals surface area contributed by atoms with Gasteiger partial charge in [-0.3, -0.25) is 0 Å². The number of hydrogen-bond donors (Lipinski definition) is 1. The minimum Gasteiger partial charge on any atom is -0.444 e. The van der Waals surface area contributed by atoms with Gasteiger partial charge >= 0.3 is 6.09 Å². The summed E-state index contributed by atoms with van der Waals surface area (Å²) < 4.78 is 5.38. The molecular formula is C14H27N3O2. The molecule has 1 rings (SSSR count). The Morgan fingerprint density at radius 3 is 2.16 bits per heavy atom. The van der Waals surface area contributed by atoms with Crippen molar-refractivity contribution in [1.82, 2.24) is 15.1 Å². The van der Waals surface area contributed by atoms with Crippen LogP contribution in [0.3, 0.4) is 0 Å². The van der Waals surface area contributed by atoms with Crippen molar-refractivity contribution in [1.29, 1.82) is 0 Å². The normalized spacial score (nSPS) is 17.4. The van der Waals surface area contributed by atoms with Crippen LogP contribution in [0.15, 0.2) is 11.9 Å². The molecule has 0 saturated carbocycles. The number of allylic oxidation sites excluding steroid dienone is 1. The maximum Gasteiger partial charge on any atom is 0.410 e. The Morgan fingerprint density at radius 1 is 1.21 bits per heavy atom. The number of hydrogen-bond acceptors (Lipinski definition) is 4. The molecule has 1 aliphatic heterocycles. The Morgan fingerprint density at radius 2 is 1.74 bits per heavy atom. The lowest BCUT2D eigenvalue weighted by molar-refractivity contribution is 0.0165. The molecule has 1 aliphatic rings. The van der Waals surface area contributed by atoms with Gasteiger partial charge in [0.25, 0.3) is 0 Å². The van der Waals surface area contributed by atoms with Crippen molar-refractivity contribution in [2.24, 2.45) is 0 Å². The second-order valence-electron chi connectivity index (χ2n) is 5.70. The monoisotopic (exact) mass is 269 g/mol. The summed E-state index contributed by atoms with van der Waals surface area (Å²) in [6.45, 7) is 10.9. The van der Waals surface area contributed by atoms with Gasteiger partial charge in [0.05, 0.1) is 5.82 Å². The standard InChI is InChI=1S/C14H27N3O2/c1-6-7-12(15-5)16-8-10-17(11-9-16)13(18)19-14(2,3)4/h7,15H,6,8-11H2,1-5H3/b12-7+. The van der Waals surface area contributed by atoms with Crippen LogP contribution in [0.1, 0.15) is 34.1 Å². The van der Waals surface area contributed by atoms with E-state index in [1.54, 1.807) is 4.90 Å². The second kappa shape index (κ2) is 6.68. The third-order valence-electron chi connectivity index (χ3n) is 2.93. The highest BCUT2D eigenvalue weighted by atomic mass is 16.6. The first-order valence-electron chi connectivity index (χ1n) is 6.98. The minimum absolute atomic E-state index is 0.211. The van der Waals surface area contributed by atoms with Crippen molar-refractivity contribution in [3.63, 3.8) is 0 Å². The highest BCUT2D eigenvalue weighted by Crippen LogP contribution is 2.13. The van der Waals surface area contributed by atoms with E-state index in [9.17, 15) is 4.79 Å². The Labute approximate surface area is 116 Å². The summed E-state index contributed by atoms with van der Waals surface area (Å²) in [5, 5.41) is 3.21. The van der Waals surface area contributed by atoms with Gasteiger partial charge in [0.15, 0.2) is 0 Å². The topological polar surface area (TPSA) is 44.8 Å². The van der Waals surface area contributed by atoms with Gasteiger partial charge in [-0.1, -0.05) is 6.92 Å². The van der Waals surface area contributed by atoms with E-state index in [1.165, 1.54) is 0 Å². The lowest BCUT2D eigenvalue weighted by Crippen LogP contribution is -2.50. The summed E-state index contributed by atoms with van der Waals surface area (Å²) in [5.41, 5.74) is -0.424. The maximum atomic E-state index is 11.9. The molecule has 5 nitrogen and oxygen atoms in total. The molecule has 0 spiro atoms. The number of nitrogens with one attached hydrogen (secondary N) is 1. The summed E-state index contributed by atoms with van der Waals surface area (Å²) in [6.07, 6.45) is 2.96. The van der Waals surface area contributed by atoms with Gasteiger partial charge < -0.3 is 19.9 Å². The highest BCUT2D eigenvalue weighted by Gasteiger charge is 2.26. The van der Waals surface area contributed by atoms with Crippen LogP contribution in [0.5, 0.6) is 0 Å². The predicted octanol–water partition coefficient (Wildman–Crippen LogP) is 2.01. The SMILES string of the molecule is CC/C=C(\NC)N1CCN(C(=O)OC(C)(C)C)CC1. The van der Waals surface area contributed by atoms with Crippen LogP contribution < -0.4 is 5.32 Å². The third-order valence-corrected chi connectivity index (χ3v) is 2.93. The van der Waals surface area contributed by atoms with E-state index in [0.29, 0.717) is 13.1 Å². The van der Waals surface area contributed by atoms with E-state index in [0.717, 1.165) is 25.3 Å². The summed E-state index contributed by atoms with van der Waals surface area (Å²) in [5.74, 6) is 1.14. The zero-order chi connectivity index (χ0) is 14.5. The zero-order valence-corrected chi connectivity index (χ0v) is 12.8. The number of nitrogens with zero attached hydrogens (tertiary/aromatic N) is 2. The molecule has 0 bridgehead atoms. The Hall–Kier alpha value is -1.39. The summed E-state index contributed by atoms with van der Waals surface area (Å²) in [4.78, 5) is 16.0. The van der Waals surface area contributed by atoms with Crippen LogP contribution in [0.25, 0.3) is 0 Å². The fraction of sp³-hybridized carbons (Fsp3) is 0.786. The van der Waals surface area contributed by atoms with Crippen LogP contribution >= 0.6 is 0 Å². The van der Waals surface area contributed by atoms with Crippen molar-refractivity contribution in [2.75, 3.05) is 33.2 Å². The fourth-order valence-corrected chi connectivity index (χ4v) is 2.04. The third kappa shape index (κ3) is 5.01. The lowest BCUT2D eigenvalue weighted by Gasteiger charge is -2.37. The van der Waals surface area contributed by atoms with Crippen molar-refractivity contribution >= 4 is 6.09 Å². The van der Waals surface area contributed by atoms with Crippen molar-refractivity contribution < 1.29 is 9.53 Å². The average molecular weight is 269 g/mol. The largest absolute Gasteiger partial charge is 0.444 e. The van der Waals surface area contributed by atoms with E-state index in [1.807, 2.05) is 27.8 Å². The molecule has 5 heteroatoms. The molecule has 0 aromatic carbocycles. The van der Waals surface area contributed by atoms with Crippen molar-refractivity contribution in [2.45, 2.75) is 39.7 Å². The van der Waals surface area contributed by atoms with E-state index in [4.69, 9.17) is 4.74 Å². The first kappa shape index (κ1) is 15.7. The van der Waals surface area contributed by atoms with Crippen LogP contribution in [0.4, 0.5) is 4.79 Å². The Bertz CT molecular complexity index is 326. The molecule has 1 fully saturated rings. The van der Waals surface area contributed by atoms with E-state index < -0.39 is 5.60 Å². The van der Waals surface area contributed by atoms with Gasteiger partial charge in [-0.15, -0.1) is 0 Å². The molecule has 1 amide bonds. The molecular weight excluding hydrogens is 242 g/mol. The van der Waals surface area contributed by atoms with Gasteiger partial charge in [-0.05, 0) is 33.3 Å². The lowest BCUT2D eigenvalue weighted by atomic mass is 10.2. The number of carbonyl (C=O) groups excluding carboxylic acids is 1.